The van der Waals surface area contributed by atoms with Gasteiger partial charge in [-0.2, -0.15) is 0 Å². The van der Waals surface area contributed by atoms with Crippen LogP contribution in [0.3, 0.4) is 0 Å². The molecular weight excluding hydrogens is 467 g/mol. The minimum atomic E-state index is -4.07. The molecule has 1 amide bonds. The smallest absolute Gasteiger partial charge is 0.264 e. The lowest BCUT2D eigenvalue weighted by molar-refractivity contribution is 0.0786. The van der Waals surface area contributed by atoms with Crippen molar-refractivity contribution in [1.29, 1.82) is 0 Å². The van der Waals surface area contributed by atoms with Gasteiger partial charge in [0.05, 0.1) is 16.8 Å². The molecule has 9 heteroatoms. The van der Waals surface area contributed by atoms with Gasteiger partial charge in [0, 0.05) is 26.0 Å². The molecule has 1 heterocycles. The predicted octanol–water partition coefficient (Wildman–Crippen LogP) is 5.18. The van der Waals surface area contributed by atoms with Crippen LogP contribution in [0.1, 0.15) is 35.3 Å². The highest BCUT2D eigenvalue weighted by Crippen LogP contribution is 2.26. The van der Waals surface area contributed by atoms with Crippen molar-refractivity contribution in [3.8, 4) is 0 Å². The Bertz CT molecular complexity index is 1440. The maximum absolute atomic E-state index is 13.3. The Labute approximate surface area is 204 Å². The van der Waals surface area contributed by atoms with E-state index in [-0.39, 0.29) is 39.9 Å². The summed E-state index contributed by atoms with van der Waals surface area (Å²) in [4.78, 5) is 22.9. The third kappa shape index (κ3) is 5.99. The zero-order chi connectivity index (χ0) is 25.6. The fraction of sp³-hybridized carbons (Fsp3) is 0.192. The molecule has 0 unspecified atom stereocenters. The normalized spacial score (nSPS) is 10.9. The van der Waals surface area contributed by atoms with Crippen molar-refractivity contribution in [3.05, 3.63) is 95.6 Å². The maximum Gasteiger partial charge on any atom is 0.264 e. The van der Waals surface area contributed by atoms with Gasteiger partial charge >= 0.3 is 0 Å². The number of halogens is 1. The number of anilines is 1. The first-order valence-electron chi connectivity index (χ1n) is 11.1. The van der Waals surface area contributed by atoms with Crippen LogP contribution in [0.4, 0.5) is 10.1 Å². The number of sulfonamides is 1. The SMILES string of the molecule is CC.Cc1ccc(C(=O)N(C)Cc2ccc(F)cc2)c(NS(=O)(=O)c2cccc3nccnc23)c1. The van der Waals surface area contributed by atoms with Crippen LogP contribution in [0, 0.1) is 12.7 Å². The summed E-state index contributed by atoms with van der Waals surface area (Å²) >= 11 is 0. The van der Waals surface area contributed by atoms with Crippen molar-refractivity contribution in [2.45, 2.75) is 32.2 Å². The predicted molar refractivity (Wildman–Crippen MR) is 135 cm³/mol. The highest BCUT2D eigenvalue weighted by molar-refractivity contribution is 7.93. The number of para-hydroxylation sites is 1. The number of carbonyl (C=O) groups excluding carboxylic acids is 1. The lowest BCUT2D eigenvalue weighted by atomic mass is 10.1. The van der Waals surface area contributed by atoms with Gasteiger partial charge in [0.25, 0.3) is 15.9 Å². The molecule has 0 spiro atoms. The molecule has 0 saturated carbocycles. The van der Waals surface area contributed by atoms with E-state index in [0.29, 0.717) is 5.52 Å². The molecule has 0 aliphatic carbocycles. The minimum Gasteiger partial charge on any atom is -0.337 e. The first-order valence-corrected chi connectivity index (χ1v) is 12.6. The summed E-state index contributed by atoms with van der Waals surface area (Å²) in [5.74, 6) is -0.740. The van der Waals surface area contributed by atoms with E-state index in [2.05, 4.69) is 14.7 Å². The Balaban J connectivity index is 0.00000167. The zero-order valence-corrected chi connectivity index (χ0v) is 20.8. The second-order valence-electron chi connectivity index (χ2n) is 7.62. The summed E-state index contributed by atoms with van der Waals surface area (Å²) in [6, 6.07) is 15.5. The van der Waals surface area contributed by atoms with E-state index in [1.165, 1.54) is 35.5 Å². The molecule has 0 aliphatic rings. The van der Waals surface area contributed by atoms with Gasteiger partial charge in [-0.3, -0.25) is 19.5 Å². The highest BCUT2D eigenvalue weighted by Gasteiger charge is 2.23. The number of benzene rings is 3. The molecule has 3 aromatic carbocycles. The molecule has 0 bridgehead atoms. The summed E-state index contributed by atoms with van der Waals surface area (Å²) in [6.45, 7) is 6.04. The van der Waals surface area contributed by atoms with Gasteiger partial charge in [-0.15, -0.1) is 0 Å². The Morgan fingerprint density at radius 3 is 2.40 bits per heavy atom. The minimum absolute atomic E-state index is 0.0346. The third-order valence-corrected chi connectivity index (χ3v) is 6.48. The summed E-state index contributed by atoms with van der Waals surface area (Å²) in [5, 5.41) is 0. The number of aromatic nitrogens is 2. The second-order valence-corrected chi connectivity index (χ2v) is 9.27. The highest BCUT2D eigenvalue weighted by atomic mass is 32.2. The van der Waals surface area contributed by atoms with Gasteiger partial charge in [0.1, 0.15) is 16.2 Å². The van der Waals surface area contributed by atoms with E-state index < -0.39 is 10.0 Å². The van der Waals surface area contributed by atoms with Crippen molar-refractivity contribution < 1.29 is 17.6 Å². The van der Waals surface area contributed by atoms with Gasteiger partial charge in [0.15, 0.2) is 0 Å². The molecule has 1 N–H and O–H groups in total. The van der Waals surface area contributed by atoms with E-state index >= 15 is 0 Å². The van der Waals surface area contributed by atoms with Crippen LogP contribution >= 0.6 is 0 Å². The molecule has 0 saturated heterocycles. The summed E-state index contributed by atoms with van der Waals surface area (Å²) in [5.41, 5.74) is 2.56. The number of carbonyl (C=O) groups is 1. The third-order valence-electron chi connectivity index (χ3n) is 5.08. The average Bonchev–Trinajstić information content (AvgIpc) is 2.85. The van der Waals surface area contributed by atoms with Crippen LogP contribution in [0.5, 0.6) is 0 Å². The van der Waals surface area contributed by atoms with Crippen molar-refractivity contribution >= 4 is 32.7 Å². The number of rotatable bonds is 6. The summed E-state index contributed by atoms with van der Waals surface area (Å²) in [6.07, 6.45) is 2.91. The Kier molecular flexibility index (Phi) is 8.14. The number of fused-ring (bicyclic) bond motifs is 1. The van der Waals surface area contributed by atoms with Crippen molar-refractivity contribution in [2.75, 3.05) is 11.8 Å². The molecule has 0 radical (unpaired) electrons. The van der Waals surface area contributed by atoms with Gasteiger partial charge < -0.3 is 4.90 Å². The number of nitrogens with one attached hydrogen (secondary N) is 1. The van der Waals surface area contributed by atoms with Crippen LogP contribution in [-0.2, 0) is 16.6 Å². The van der Waals surface area contributed by atoms with Gasteiger partial charge in [-0.05, 0) is 54.4 Å². The second kappa shape index (κ2) is 11.1. The van der Waals surface area contributed by atoms with Gasteiger partial charge in [-0.25, -0.2) is 12.8 Å². The number of hydrogen-bond donors (Lipinski definition) is 1. The number of hydrogen-bond acceptors (Lipinski definition) is 5. The molecule has 0 fully saturated rings. The number of amides is 1. The van der Waals surface area contributed by atoms with Gasteiger partial charge in [-0.1, -0.05) is 38.1 Å². The lowest BCUT2D eigenvalue weighted by Gasteiger charge is -2.20. The Hall–Kier alpha value is -3.85. The van der Waals surface area contributed by atoms with E-state index in [1.807, 2.05) is 13.8 Å². The van der Waals surface area contributed by atoms with Crippen LogP contribution in [0.25, 0.3) is 11.0 Å². The van der Waals surface area contributed by atoms with Crippen molar-refractivity contribution in [1.82, 2.24) is 14.9 Å². The first kappa shape index (κ1) is 25.8. The Morgan fingerprint density at radius 1 is 1.00 bits per heavy atom. The van der Waals surface area contributed by atoms with Crippen LogP contribution in [-0.4, -0.2) is 36.2 Å². The summed E-state index contributed by atoms with van der Waals surface area (Å²) in [7, 11) is -2.47. The monoisotopic (exact) mass is 494 g/mol. The quantitative estimate of drug-likeness (QED) is 0.399. The van der Waals surface area contributed by atoms with E-state index in [1.54, 1.807) is 56.4 Å². The van der Waals surface area contributed by atoms with Crippen molar-refractivity contribution in [2.24, 2.45) is 0 Å². The molecule has 4 aromatic rings. The van der Waals surface area contributed by atoms with Crippen LogP contribution in [0.15, 0.2) is 78.0 Å². The molecule has 1 aromatic heterocycles. The summed E-state index contributed by atoms with van der Waals surface area (Å²) < 4.78 is 42.2. The fourth-order valence-corrected chi connectivity index (χ4v) is 4.69. The van der Waals surface area contributed by atoms with E-state index in [4.69, 9.17) is 0 Å². The molecule has 0 aliphatic heterocycles. The van der Waals surface area contributed by atoms with Crippen LogP contribution < -0.4 is 4.72 Å². The average molecular weight is 495 g/mol. The molecular formula is C26H27FN4O3S. The molecule has 35 heavy (non-hydrogen) atoms. The maximum atomic E-state index is 13.3. The topological polar surface area (TPSA) is 92.3 Å². The molecule has 182 valence electrons. The van der Waals surface area contributed by atoms with Crippen molar-refractivity contribution in [3.63, 3.8) is 0 Å². The van der Waals surface area contributed by atoms with Crippen LogP contribution in [0.2, 0.25) is 0 Å². The number of nitrogens with zero attached hydrogens (tertiary/aromatic N) is 3. The molecule has 0 atom stereocenters. The molecule has 4 rings (SSSR count). The van der Waals surface area contributed by atoms with Gasteiger partial charge in [0.2, 0.25) is 0 Å². The van der Waals surface area contributed by atoms with E-state index in [9.17, 15) is 17.6 Å². The van der Waals surface area contributed by atoms with E-state index in [0.717, 1.165) is 11.1 Å². The molecule has 7 nitrogen and oxygen atoms in total. The Morgan fingerprint density at radius 2 is 1.69 bits per heavy atom. The largest absolute Gasteiger partial charge is 0.337 e. The lowest BCUT2D eigenvalue weighted by Crippen LogP contribution is -2.27. The standard InChI is InChI=1S/C24H21FN4O3S.C2H6/c1-16-6-11-19(24(30)29(2)15-17-7-9-18(25)10-8-17)21(14-16)28-33(31,32)22-5-3-4-20-23(22)27-13-12-26-20;1-2/h3-14,28H,15H2,1-2H3;1-2H3. The fourth-order valence-electron chi connectivity index (χ4n) is 3.45. The number of aryl methyl sites for hydroxylation is 1. The first-order chi connectivity index (χ1) is 16.7. The zero-order valence-electron chi connectivity index (χ0n) is 20.0.